The molecule has 0 aliphatic rings. The van der Waals surface area contributed by atoms with Crippen LogP contribution in [0.2, 0.25) is 0 Å². The Balaban J connectivity index is -0.0000000245. The van der Waals surface area contributed by atoms with Crippen molar-refractivity contribution in [3.63, 3.8) is 0 Å². The zero-order valence-corrected chi connectivity index (χ0v) is 21.1. The van der Waals surface area contributed by atoms with Crippen molar-refractivity contribution in [2.24, 2.45) is 0 Å². The van der Waals surface area contributed by atoms with E-state index in [9.17, 15) is 0 Å². The van der Waals surface area contributed by atoms with Gasteiger partial charge < -0.3 is 59.4 Å². The van der Waals surface area contributed by atoms with Crippen LogP contribution in [0.25, 0.3) is 0 Å². The number of rotatable bonds is 0. The van der Waals surface area contributed by atoms with Crippen molar-refractivity contribution in [3.8, 4) is 0 Å². The maximum absolute atomic E-state index is 8.89. The number of carboxylic acids is 6. The van der Waals surface area contributed by atoms with Crippen LogP contribution in [-0.4, -0.2) is 84.7 Å². The molecule has 0 spiro atoms. The van der Waals surface area contributed by atoms with E-state index in [-0.39, 0.29) is 70.6 Å². The average Bonchev–Trinajstić information content (AvgIpc) is 2.08. The molecule has 14 heteroatoms. The smallest absolute Gasteiger partial charge is 0.550 e. The van der Waals surface area contributed by atoms with E-state index in [2.05, 4.69) is 0 Å². The van der Waals surface area contributed by atoms with Crippen molar-refractivity contribution >= 4 is 84.7 Å². The van der Waals surface area contributed by atoms with Crippen LogP contribution in [0.3, 0.4) is 0 Å². The third-order valence-corrected chi connectivity index (χ3v) is 0. The quantitative estimate of drug-likeness (QED) is 0.261. The van der Waals surface area contributed by atoms with Crippen molar-refractivity contribution in [1.82, 2.24) is 0 Å². The summed E-state index contributed by atoms with van der Waals surface area (Å²) in [6, 6.07) is 0. The zero-order chi connectivity index (χ0) is 21.5. The van der Waals surface area contributed by atoms with Gasteiger partial charge in [-0.05, 0) is 41.5 Å². The molecule has 0 rings (SSSR count). The van der Waals surface area contributed by atoms with Gasteiger partial charge in [0.1, 0.15) is 0 Å². The first kappa shape index (κ1) is 49.9. The molecule has 0 aliphatic carbocycles. The Kier molecular flexibility index (Phi) is 84.3. The predicted octanol–water partition coefficient (Wildman–Crippen LogP) is -7.85. The minimum absolute atomic E-state index is 0. The Morgan fingerprint density at radius 3 is 0.385 bits per heavy atom. The average molecular weight is 539 g/mol. The molecule has 0 aromatic carbocycles. The molecule has 0 fully saturated rings. The fraction of sp³-hybridized carbons (Fsp3) is 0.500. The Morgan fingerprint density at radius 2 is 0.385 bits per heavy atom. The van der Waals surface area contributed by atoms with Gasteiger partial charge in [-0.25, -0.2) is 0 Å². The molecule has 12 nitrogen and oxygen atoms in total. The Hall–Kier alpha value is -0.894. The summed E-state index contributed by atoms with van der Waals surface area (Å²) < 4.78 is 0. The van der Waals surface area contributed by atoms with Crippen LogP contribution in [0.1, 0.15) is 41.5 Å². The third kappa shape index (κ3) is 14100. The first-order valence-corrected chi connectivity index (χ1v) is 5.45. The first-order chi connectivity index (χ1) is 10.4. The molecule has 0 unspecified atom stereocenters. The molecule has 26 heavy (non-hydrogen) atoms. The zero-order valence-electron chi connectivity index (χ0n) is 15.1. The molecule has 0 atom stereocenters. The van der Waals surface area contributed by atoms with Crippen LogP contribution in [0.15, 0.2) is 0 Å². The van der Waals surface area contributed by atoms with Crippen molar-refractivity contribution in [3.05, 3.63) is 0 Å². The van der Waals surface area contributed by atoms with Crippen LogP contribution in [0.4, 0.5) is 0 Å². The molecule has 0 saturated carbocycles. The summed E-state index contributed by atoms with van der Waals surface area (Å²) in [5.41, 5.74) is 0. The van der Waals surface area contributed by atoms with Crippen LogP contribution >= 0.6 is 0 Å². The molecule has 0 heterocycles. The summed E-state index contributed by atoms with van der Waals surface area (Å²) >= 11 is 0. The standard InChI is InChI=1S/6C2H4O2.Ba.Ti/c6*1-2(3)4;;/h6*1H3,(H,3,4);;/q;;;;;;+2;+4/p-6. The normalized spacial score (nSPS) is 5.77. The van der Waals surface area contributed by atoms with Gasteiger partial charge in [0.25, 0.3) is 0 Å². The summed E-state index contributed by atoms with van der Waals surface area (Å²) in [5.74, 6) is -6.50. The second-order valence-electron chi connectivity index (χ2n) is 2.95. The van der Waals surface area contributed by atoms with Gasteiger partial charge in [-0.15, -0.1) is 0 Å². The van der Waals surface area contributed by atoms with Crippen LogP contribution in [0.5, 0.6) is 0 Å². The predicted molar refractivity (Wildman–Crippen MR) is 69.8 cm³/mol. The van der Waals surface area contributed by atoms with E-state index >= 15 is 0 Å². The summed E-state index contributed by atoms with van der Waals surface area (Å²) in [7, 11) is 0. The topological polar surface area (TPSA) is 241 Å². The van der Waals surface area contributed by atoms with E-state index < -0.39 is 35.8 Å². The molecular formula is C12H18BaO12Ti. The van der Waals surface area contributed by atoms with Crippen LogP contribution in [-0.2, 0) is 50.5 Å². The minimum Gasteiger partial charge on any atom is -0.550 e. The summed E-state index contributed by atoms with van der Waals surface area (Å²) in [6.07, 6.45) is 0. The molecular weight excluding hydrogens is 521 g/mol. The fourth-order valence-electron chi connectivity index (χ4n) is 0. The van der Waals surface area contributed by atoms with E-state index in [1.165, 1.54) is 0 Å². The van der Waals surface area contributed by atoms with Crippen LogP contribution < -0.4 is 30.6 Å². The van der Waals surface area contributed by atoms with E-state index in [1.54, 1.807) is 0 Å². The second-order valence-corrected chi connectivity index (χ2v) is 2.95. The van der Waals surface area contributed by atoms with Crippen molar-refractivity contribution in [2.75, 3.05) is 0 Å². The number of carboxylic acid groups (broad SMARTS) is 6. The Bertz CT molecular complexity index is 267. The number of hydrogen-bond donors (Lipinski definition) is 0. The first-order valence-electron chi connectivity index (χ1n) is 5.45. The van der Waals surface area contributed by atoms with Gasteiger partial charge in [-0.2, -0.15) is 0 Å². The third-order valence-electron chi connectivity index (χ3n) is 0. The maximum Gasteiger partial charge on any atom is 4.00 e. The molecule has 0 radical (unpaired) electrons. The molecule has 0 bridgehead atoms. The van der Waals surface area contributed by atoms with Crippen molar-refractivity contribution in [2.45, 2.75) is 41.5 Å². The Labute approximate surface area is 205 Å². The number of carbonyl (C=O) groups excluding carboxylic acids is 6. The number of aliphatic carboxylic acids is 6. The van der Waals surface area contributed by atoms with Gasteiger partial charge in [0.05, 0.1) is 0 Å². The molecule has 0 aliphatic heterocycles. The molecule has 0 saturated heterocycles. The summed E-state index contributed by atoms with van der Waals surface area (Å²) in [4.78, 5) is 53.3. The van der Waals surface area contributed by atoms with Crippen molar-refractivity contribution in [1.29, 1.82) is 0 Å². The van der Waals surface area contributed by atoms with Gasteiger partial charge in [0.2, 0.25) is 0 Å². The van der Waals surface area contributed by atoms with E-state index in [4.69, 9.17) is 59.4 Å². The second kappa shape index (κ2) is 44.0. The molecule has 144 valence electrons. The monoisotopic (exact) mass is 540 g/mol. The van der Waals surface area contributed by atoms with Gasteiger partial charge in [-0.1, -0.05) is 0 Å². The largest absolute Gasteiger partial charge is 4.00 e. The SMILES string of the molecule is CC(=O)[O-].CC(=O)[O-].CC(=O)[O-].CC(=O)[O-].CC(=O)[O-].CC(=O)[O-].[Ba+2].[Ti+4]. The maximum atomic E-state index is 8.89. The van der Waals surface area contributed by atoms with Gasteiger partial charge in [0.15, 0.2) is 0 Å². The molecule has 0 amide bonds. The van der Waals surface area contributed by atoms with E-state index in [1.807, 2.05) is 0 Å². The minimum atomic E-state index is -1.08. The molecule has 0 aromatic rings. The number of hydrogen-bond acceptors (Lipinski definition) is 12. The summed E-state index contributed by atoms with van der Waals surface area (Å²) in [5, 5.41) is 53.3. The van der Waals surface area contributed by atoms with Crippen LogP contribution in [0, 0.1) is 0 Å². The van der Waals surface area contributed by atoms with E-state index in [0.29, 0.717) is 0 Å². The van der Waals surface area contributed by atoms with Gasteiger partial charge in [0, 0.05) is 35.8 Å². The van der Waals surface area contributed by atoms with E-state index in [0.717, 1.165) is 41.5 Å². The Morgan fingerprint density at radius 1 is 0.385 bits per heavy atom. The van der Waals surface area contributed by atoms with Gasteiger partial charge >= 0.3 is 70.6 Å². The van der Waals surface area contributed by atoms with Crippen molar-refractivity contribution < 1.29 is 81.1 Å². The number of carbonyl (C=O) groups is 6. The summed E-state index contributed by atoms with van der Waals surface area (Å²) in [6.45, 7) is 5.83. The fourth-order valence-corrected chi connectivity index (χ4v) is 0. The molecule has 0 aromatic heterocycles. The van der Waals surface area contributed by atoms with Gasteiger partial charge in [-0.3, -0.25) is 0 Å². The molecule has 0 N–H and O–H groups in total.